The molecule has 0 amide bonds. The molecule has 0 radical (unpaired) electrons. The Labute approximate surface area is 201 Å². The molecular formula is C31H66. The molecule has 31 heavy (non-hydrogen) atoms. The summed E-state index contributed by atoms with van der Waals surface area (Å²) in [7, 11) is 0. The second-order valence-electron chi connectivity index (χ2n) is 14.1. The molecule has 2 aliphatic carbocycles. The highest BCUT2D eigenvalue weighted by Gasteiger charge is 2.41. The monoisotopic (exact) mass is 439 g/mol. The van der Waals surface area contributed by atoms with Crippen LogP contribution < -0.4 is 0 Å². The second-order valence-corrected chi connectivity index (χ2v) is 14.1. The zero-order valence-corrected chi connectivity index (χ0v) is 25.3. The van der Waals surface area contributed by atoms with Crippen molar-refractivity contribution in [2.45, 2.75) is 156 Å². The first-order valence-corrected chi connectivity index (χ1v) is 14.0. The van der Waals surface area contributed by atoms with Crippen LogP contribution in [0.15, 0.2) is 0 Å². The number of rotatable bonds is 0. The zero-order valence-electron chi connectivity index (χ0n) is 25.3. The van der Waals surface area contributed by atoms with Crippen molar-refractivity contribution in [3.63, 3.8) is 0 Å². The van der Waals surface area contributed by atoms with Gasteiger partial charge < -0.3 is 0 Å². The first-order valence-electron chi connectivity index (χ1n) is 14.0. The Morgan fingerprint density at radius 2 is 0.484 bits per heavy atom. The van der Waals surface area contributed by atoms with Gasteiger partial charge in [0.05, 0.1) is 0 Å². The van der Waals surface area contributed by atoms with Gasteiger partial charge in [-0.25, -0.2) is 0 Å². The molecule has 0 heteroatoms. The van der Waals surface area contributed by atoms with Crippen LogP contribution in [0.3, 0.4) is 0 Å². The van der Waals surface area contributed by atoms with Crippen LogP contribution in [0.1, 0.15) is 156 Å². The van der Waals surface area contributed by atoms with E-state index in [2.05, 4.69) is 83.1 Å². The average Bonchev–Trinajstić information content (AvgIpc) is 3.15. The van der Waals surface area contributed by atoms with Crippen LogP contribution in [0.2, 0.25) is 0 Å². The van der Waals surface area contributed by atoms with E-state index < -0.39 is 0 Å². The summed E-state index contributed by atoms with van der Waals surface area (Å²) in [5.74, 6) is 3.73. The number of hydrogen-bond donors (Lipinski definition) is 0. The summed E-state index contributed by atoms with van der Waals surface area (Å²) in [6.07, 6.45) is 10.2. The van der Waals surface area contributed by atoms with Gasteiger partial charge in [-0.3, -0.25) is 0 Å². The van der Waals surface area contributed by atoms with E-state index in [1.54, 1.807) is 0 Å². The lowest BCUT2D eigenvalue weighted by Gasteiger charge is -2.46. The summed E-state index contributed by atoms with van der Waals surface area (Å²) in [6, 6.07) is 0. The number of hydrogen-bond acceptors (Lipinski definition) is 0. The quantitative estimate of drug-likeness (QED) is 0.352. The summed E-state index contributed by atoms with van der Waals surface area (Å²) in [5, 5.41) is 0. The third-order valence-electron chi connectivity index (χ3n) is 7.73. The fourth-order valence-corrected chi connectivity index (χ4v) is 6.24. The molecule has 0 heterocycles. The maximum absolute atomic E-state index is 2.42. The average molecular weight is 439 g/mol. The Kier molecular flexibility index (Phi) is 14.6. The molecule has 2 fully saturated rings. The predicted octanol–water partition coefficient (Wildman–Crippen LogP) is 11.4. The maximum atomic E-state index is 2.42. The Morgan fingerprint density at radius 1 is 0.323 bits per heavy atom. The van der Waals surface area contributed by atoms with Crippen molar-refractivity contribution >= 4 is 0 Å². The topological polar surface area (TPSA) is 0 Å². The summed E-state index contributed by atoms with van der Waals surface area (Å²) in [4.78, 5) is 0. The SMILES string of the molecule is CC.CC.CC(C)(C)C1CCCC1C(C)(C)C.CC(C)(C)C1CCCCC1C(C)(C)C. The van der Waals surface area contributed by atoms with Crippen molar-refractivity contribution in [3.05, 3.63) is 0 Å². The molecule has 0 bridgehead atoms. The van der Waals surface area contributed by atoms with Crippen molar-refractivity contribution in [1.82, 2.24) is 0 Å². The lowest BCUT2D eigenvalue weighted by molar-refractivity contribution is 0.0335. The Hall–Kier alpha value is 0. The third-order valence-corrected chi connectivity index (χ3v) is 7.73. The molecule has 2 rings (SSSR count). The summed E-state index contributed by atoms with van der Waals surface area (Å²) >= 11 is 0. The third kappa shape index (κ3) is 11.6. The molecule has 0 aliphatic heterocycles. The molecule has 0 aromatic heterocycles. The Bertz CT molecular complexity index is 387. The molecular weight excluding hydrogens is 372 g/mol. The highest BCUT2D eigenvalue weighted by Crippen LogP contribution is 2.51. The molecule has 0 saturated heterocycles. The van der Waals surface area contributed by atoms with E-state index in [9.17, 15) is 0 Å². The van der Waals surface area contributed by atoms with Gasteiger partial charge in [0.1, 0.15) is 0 Å². The minimum absolute atomic E-state index is 0.498. The normalized spacial score (nSPS) is 27.1. The highest BCUT2D eigenvalue weighted by molar-refractivity contribution is 4.91. The first-order chi connectivity index (χ1) is 14.0. The first kappa shape index (κ1) is 33.2. The molecule has 0 spiro atoms. The minimum Gasteiger partial charge on any atom is -0.0683 e. The van der Waals surface area contributed by atoms with Crippen molar-refractivity contribution in [2.75, 3.05) is 0 Å². The van der Waals surface area contributed by atoms with E-state index in [4.69, 9.17) is 0 Å². The van der Waals surface area contributed by atoms with Crippen molar-refractivity contribution in [3.8, 4) is 0 Å². The minimum atomic E-state index is 0.498. The van der Waals surface area contributed by atoms with Crippen molar-refractivity contribution in [2.24, 2.45) is 45.3 Å². The van der Waals surface area contributed by atoms with Gasteiger partial charge in [0.25, 0.3) is 0 Å². The second kappa shape index (κ2) is 13.6. The van der Waals surface area contributed by atoms with Crippen LogP contribution in [-0.2, 0) is 0 Å². The molecule has 0 aromatic carbocycles. The van der Waals surface area contributed by atoms with Crippen LogP contribution in [-0.4, -0.2) is 0 Å². The van der Waals surface area contributed by atoms with E-state index in [1.165, 1.54) is 44.9 Å². The zero-order chi connectivity index (χ0) is 25.3. The lowest BCUT2D eigenvalue weighted by Crippen LogP contribution is -2.38. The van der Waals surface area contributed by atoms with Crippen LogP contribution in [0.25, 0.3) is 0 Å². The maximum Gasteiger partial charge on any atom is -0.0332 e. The van der Waals surface area contributed by atoms with Crippen LogP contribution in [0, 0.1) is 45.3 Å². The fraction of sp³-hybridized carbons (Fsp3) is 1.00. The Morgan fingerprint density at radius 3 is 0.645 bits per heavy atom. The molecule has 2 aliphatic rings. The van der Waals surface area contributed by atoms with Gasteiger partial charge >= 0.3 is 0 Å². The van der Waals surface area contributed by atoms with Gasteiger partial charge in [-0.15, -0.1) is 0 Å². The van der Waals surface area contributed by atoms with Gasteiger partial charge in [0.15, 0.2) is 0 Å². The van der Waals surface area contributed by atoms with Gasteiger partial charge in [-0.2, -0.15) is 0 Å². The van der Waals surface area contributed by atoms with E-state index >= 15 is 0 Å². The molecule has 2 saturated carbocycles. The van der Waals surface area contributed by atoms with E-state index in [0.29, 0.717) is 21.7 Å². The van der Waals surface area contributed by atoms with Crippen LogP contribution in [0.4, 0.5) is 0 Å². The predicted molar refractivity (Wildman–Crippen MR) is 147 cm³/mol. The van der Waals surface area contributed by atoms with Crippen molar-refractivity contribution < 1.29 is 0 Å². The summed E-state index contributed by atoms with van der Waals surface area (Å²) < 4.78 is 0. The Balaban J connectivity index is 0. The smallest absolute Gasteiger partial charge is 0.0332 e. The molecule has 0 aromatic rings. The molecule has 0 nitrogen and oxygen atoms in total. The molecule has 4 atom stereocenters. The van der Waals surface area contributed by atoms with Gasteiger partial charge in [-0.1, -0.05) is 130 Å². The van der Waals surface area contributed by atoms with Crippen LogP contribution >= 0.6 is 0 Å². The summed E-state index contributed by atoms with van der Waals surface area (Å²) in [6.45, 7) is 36.9. The van der Waals surface area contributed by atoms with E-state index in [1.807, 2.05) is 27.7 Å². The largest absolute Gasteiger partial charge is 0.0683 e. The fourth-order valence-electron chi connectivity index (χ4n) is 6.24. The van der Waals surface area contributed by atoms with Gasteiger partial charge in [-0.05, 0) is 71.0 Å². The highest BCUT2D eigenvalue weighted by atomic mass is 14.5. The standard InChI is InChI=1S/C14H28.C13H26.2C2H6/c1-13(2,3)11-9-7-8-10-12(11)14(4,5)6;1-12(2,3)10-8-7-9-11(10)13(4,5)6;2*1-2/h11-12H,7-10H2,1-6H3;10-11H,7-9H2,1-6H3;2*1-2H3. The van der Waals surface area contributed by atoms with Gasteiger partial charge in [0.2, 0.25) is 0 Å². The van der Waals surface area contributed by atoms with Crippen LogP contribution in [0.5, 0.6) is 0 Å². The lowest BCUT2D eigenvalue weighted by atomic mass is 9.59. The van der Waals surface area contributed by atoms with Crippen molar-refractivity contribution in [1.29, 1.82) is 0 Å². The molecule has 4 unspecified atom stereocenters. The van der Waals surface area contributed by atoms with Gasteiger partial charge in [0, 0.05) is 0 Å². The molecule has 0 N–H and O–H groups in total. The van der Waals surface area contributed by atoms with E-state index in [-0.39, 0.29) is 0 Å². The summed E-state index contributed by atoms with van der Waals surface area (Å²) in [5.41, 5.74) is 2.01. The van der Waals surface area contributed by atoms with E-state index in [0.717, 1.165) is 23.7 Å². The molecule has 190 valence electrons.